The molecule has 1 saturated heterocycles. The van der Waals surface area contributed by atoms with Crippen molar-refractivity contribution in [2.45, 2.75) is 40.3 Å². The maximum Gasteiger partial charge on any atom is 0.172 e. The molecule has 0 aromatic heterocycles. The van der Waals surface area contributed by atoms with Crippen LogP contribution in [0.3, 0.4) is 0 Å². The monoisotopic (exact) mass is 205 g/mol. The van der Waals surface area contributed by atoms with Gasteiger partial charge in [-0.05, 0) is 17.9 Å². The first-order valence-corrected chi connectivity index (χ1v) is 6.19. The van der Waals surface area contributed by atoms with Gasteiger partial charge in [0, 0.05) is 13.1 Å². The molecule has 0 bridgehead atoms. The number of nitrogens with zero attached hydrogens (tertiary/aromatic N) is 1. The lowest BCUT2D eigenvalue weighted by molar-refractivity contribution is 0.177. The van der Waals surface area contributed by atoms with E-state index in [0.29, 0.717) is 10.8 Å². The topological polar surface area (TPSA) is 3.24 Å². The van der Waals surface area contributed by atoms with Gasteiger partial charge in [-0.3, -0.25) is 4.90 Å². The average molecular weight is 205 g/mol. The molecule has 2 aliphatic heterocycles. The number of rotatable bonds is 1. The minimum atomic E-state index is 0.500. The van der Waals surface area contributed by atoms with Gasteiger partial charge in [-0.15, -0.1) is 0 Å². The molecule has 0 N–H and O–H groups in total. The van der Waals surface area contributed by atoms with Gasteiger partial charge in [0.05, 0.1) is 0 Å². The van der Waals surface area contributed by atoms with Crippen molar-refractivity contribution >= 4 is 6.71 Å². The van der Waals surface area contributed by atoms with E-state index in [-0.39, 0.29) is 0 Å². The quantitative estimate of drug-likeness (QED) is 0.595. The second-order valence-electron chi connectivity index (χ2n) is 6.85. The predicted octanol–water partition coefficient (Wildman–Crippen LogP) is 2.96. The first-order valence-electron chi connectivity index (χ1n) is 6.19. The summed E-state index contributed by atoms with van der Waals surface area (Å²) in [6, 6.07) is 0. The molecule has 0 aliphatic carbocycles. The highest BCUT2D eigenvalue weighted by molar-refractivity contribution is 6.68. The smallest absolute Gasteiger partial charge is 0.172 e. The minimum Gasteiger partial charge on any atom is -0.300 e. The van der Waals surface area contributed by atoms with Gasteiger partial charge in [0.2, 0.25) is 0 Å². The third kappa shape index (κ3) is 1.89. The van der Waals surface area contributed by atoms with Crippen molar-refractivity contribution in [3.8, 4) is 0 Å². The number of hydrogen-bond acceptors (Lipinski definition) is 1. The molecule has 0 aromatic rings. The third-order valence-corrected chi connectivity index (χ3v) is 4.99. The maximum atomic E-state index is 2.46. The molecular weight excluding hydrogens is 181 g/mol. The summed E-state index contributed by atoms with van der Waals surface area (Å²) in [4.78, 5) is 2.41. The van der Waals surface area contributed by atoms with Crippen LogP contribution in [0.1, 0.15) is 27.7 Å². The van der Waals surface area contributed by atoms with Gasteiger partial charge in [0.15, 0.2) is 6.71 Å². The van der Waals surface area contributed by atoms with E-state index in [1.54, 1.807) is 5.47 Å². The molecule has 15 heavy (non-hydrogen) atoms. The molecule has 1 fully saturated rings. The standard InChI is InChI=1S/C13H24BN/c1-12(2)9-14(10-13(12,3)4)11-6-7-15(5)8-11/h6H,7-10H2,1-5H3. The van der Waals surface area contributed by atoms with E-state index in [0.717, 1.165) is 13.3 Å². The molecule has 0 atom stereocenters. The van der Waals surface area contributed by atoms with E-state index in [4.69, 9.17) is 0 Å². The first kappa shape index (κ1) is 11.3. The van der Waals surface area contributed by atoms with Crippen LogP contribution < -0.4 is 0 Å². The van der Waals surface area contributed by atoms with Crippen molar-refractivity contribution in [2.75, 3.05) is 20.1 Å². The maximum absolute atomic E-state index is 2.46. The van der Waals surface area contributed by atoms with Gasteiger partial charge in [-0.1, -0.05) is 51.9 Å². The fraction of sp³-hybridized carbons (Fsp3) is 0.846. The lowest BCUT2D eigenvalue weighted by Crippen LogP contribution is -2.24. The van der Waals surface area contributed by atoms with Crippen LogP contribution in [0.25, 0.3) is 0 Å². The van der Waals surface area contributed by atoms with E-state index in [1.807, 2.05) is 0 Å². The molecule has 84 valence electrons. The Hall–Kier alpha value is -0.235. The van der Waals surface area contributed by atoms with Crippen molar-refractivity contribution in [1.29, 1.82) is 0 Å². The van der Waals surface area contributed by atoms with Gasteiger partial charge in [-0.25, -0.2) is 0 Å². The Morgan fingerprint density at radius 1 is 1.13 bits per heavy atom. The summed E-state index contributed by atoms with van der Waals surface area (Å²) in [5, 5.41) is 0. The van der Waals surface area contributed by atoms with E-state index in [1.165, 1.54) is 19.2 Å². The van der Waals surface area contributed by atoms with Gasteiger partial charge >= 0.3 is 0 Å². The van der Waals surface area contributed by atoms with E-state index in [2.05, 4.69) is 45.7 Å². The fourth-order valence-corrected chi connectivity index (χ4v) is 3.13. The van der Waals surface area contributed by atoms with E-state index < -0.39 is 0 Å². The van der Waals surface area contributed by atoms with Gasteiger partial charge in [0.1, 0.15) is 0 Å². The molecule has 0 saturated carbocycles. The Balaban J connectivity index is 2.10. The lowest BCUT2D eigenvalue weighted by atomic mass is 9.41. The highest BCUT2D eigenvalue weighted by Gasteiger charge is 2.48. The van der Waals surface area contributed by atoms with Crippen LogP contribution in [0, 0.1) is 10.8 Å². The highest BCUT2D eigenvalue weighted by Crippen LogP contribution is 2.54. The van der Waals surface area contributed by atoms with Crippen molar-refractivity contribution in [1.82, 2.24) is 4.90 Å². The molecule has 0 amide bonds. The summed E-state index contributed by atoms with van der Waals surface area (Å²) in [5.74, 6) is 0. The fourth-order valence-electron chi connectivity index (χ4n) is 3.13. The molecule has 0 aromatic carbocycles. The van der Waals surface area contributed by atoms with E-state index in [9.17, 15) is 0 Å². The summed E-state index contributed by atoms with van der Waals surface area (Å²) < 4.78 is 0. The molecule has 2 rings (SSSR count). The lowest BCUT2D eigenvalue weighted by Gasteiger charge is -2.35. The molecule has 2 aliphatic rings. The second kappa shape index (κ2) is 3.38. The molecule has 0 spiro atoms. The van der Waals surface area contributed by atoms with Crippen molar-refractivity contribution in [2.24, 2.45) is 10.8 Å². The van der Waals surface area contributed by atoms with Crippen molar-refractivity contribution in [3.63, 3.8) is 0 Å². The van der Waals surface area contributed by atoms with Crippen LogP contribution in [-0.4, -0.2) is 31.7 Å². The zero-order valence-corrected chi connectivity index (χ0v) is 10.9. The molecule has 2 heterocycles. The van der Waals surface area contributed by atoms with Crippen LogP contribution >= 0.6 is 0 Å². The van der Waals surface area contributed by atoms with Crippen LogP contribution in [0.15, 0.2) is 11.5 Å². The predicted molar refractivity (Wildman–Crippen MR) is 68.5 cm³/mol. The Kier molecular flexibility index (Phi) is 2.54. The van der Waals surface area contributed by atoms with Crippen molar-refractivity contribution in [3.05, 3.63) is 11.5 Å². The van der Waals surface area contributed by atoms with Crippen LogP contribution in [0.2, 0.25) is 12.6 Å². The number of hydrogen-bond donors (Lipinski definition) is 0. The Morgan fingerprint density at radius 2 is 1.67 bits per heavy atom. The minimum absolute atomic E-state index is 0.500. The molecular formula is C13H24BN. The Bertz CT molecular complexity index is 275. The normalized spacial score (nSPS) is 29.7. The van der Waals surface area contributed by atoms with Gasteiger partial charge in [-0.2, -0.15) is 0 Å². The van der Waals surface area contributed by atoms with Crippen LogP contribution in [0.4, 0.5) is 0 Å². The van der Waals surface area contributed by atoms with Crippen LogP contribution in [-0.2, 0) is 0 Å². The largest absolute Gasteiger partial charge is 0.300 e. The van der Waals surface area contributed by atoms with Gasteiger partial charge < -0.3 is 0 Å². The van der Waals surface area contributed by atoms with Crippen LogP contribution in [0.5, 0.6) is 0 Å². The average Bonchev–Trinajstić information content (AvgIpc) is 2.56. The van der Waals surface area contributed by atoms with Gasteiger partial charge in [0.25, 0.3) is 0 Å². The number of likely N-dealkylation sites (N-methyl/N-ethyl adjacent to an activating group) is 1. The summed E-state index contributed by atoms with van der Waals surface area (Å²) in [6.07, 6.45) is 5.21. The zero-order valence-electron chi connectivity index (χ0n) is 10.9. The summed E-state index contributed by atoms with van der Waals surface area (Å²) >= 11 is 0. The third-order valence-electron chi connectivity index (χ3n) is 4.99. The molecule has 0 unspecified atom stereocenters. The van der Waals surface area contributed by atoms with Crippen molar-refractivity contribution < 1.29 is 0 Å². The summed E-state index contributed by atoms with van der Waals surface area (Å²) in [7, 11) is 2.22. The molecule has 0 radical (unpaired) electrons. The first-order chi connectivity index (χ1) is 6.82. The highest BCUT2D eigenvalue weighted by atomic mass is 15.1. The SMILES string of the molecule is CN1CC=C(B2CC(C)(C)C(C)(C)C2)C1. The zero-order chi connectivity index (χ0) is 11.3. The second-order valence-corrected chi connectivity index (χ2v) is 6.85. The summed E-state index contributed by atoms with van der Waals surface area (Å²) in [5.41, 5.74) is 2.70. The van der Waals surface area contributed by atoms with E-state index >= 15 is 0 Å². The summed E-state index contributed by atoms with van der Waals surface area (Å²) in [6.45, 7) is 13.0. The Labute approximate surface area is 95.0 Å². The molecule has 2 heteroatoms. The molecule has 1 nitrogen and oxygen atoms in total. The Morgan fingerprint density at radius 3 is 2.07 bits per heavy atom.